The van der Waals surface area contributed by atoms with Crippen LogP contribution in [0.3, 0.4) is 0 Å². The smallest absolute Gasteiger partial charge is 0.326 e. The minimum absolute atomic E-state index is 0.0168. The number of carbonyl (C=O) groups excluding carboxylic acids is 2. The van der Waals surface area contributed by atoms with E-state index in [4.69, 9.17) is 10.2 Å². The summed E-state index contributed by atoms with van der Waals surface area (Å²) in [7, 11) is 0. The molecule has 1 amide bonds. The third-order valence-electron chi connectivity index (χ3n) is 2.25. The van der Waals surface area contributed by atoms with Gasteiger partial charge in [-0.1, -0.05) is 13.8 Å². The number of hydrogen-bond acceptors (Lipinski definition) is 4. The molecule has 0 rings (SSSR count). The summed E-state index contributed by atoms with van der Waals surface area (Å²) in [4.78, 5) is 43.7. The van der Waals surface area contributed by atoms with E-state index in [2.05, 4.69) is 5.32 Å². The maximum atomic E-state index is 11.3. The predicted octanol–water partition coefficient (Wildman–Crippen LogP) is 0.0358. The van der Waals surface area contributed by atoms with Gasteiger partial charge in [0, 0.05) is 18.8 Å². The highest BCUT2D eigenvalue weighted by atomic mass is 16.4. The first-order valence-electron chi connectivity index (χ1n) is 5.50. The molecular formula is C11H17NO6. The van der Waals surface area contributed by atoms with Crippen molar-refractivity contribution in [2.45, 2.75) is 39.2 Å². The molecule has 0 aliphatic rings. The van der Waals surface area contributed by atoms with Crippen molar-refractivity contribution in [2.75, 3.05) is 0 Å². The molecule has 0 fully saturated rings. The fraction of sp³-hybridized carbons (Fsp3) is 0.636. The lowest BCUT2D eigenvalue weighted by Gasteiger charge is -2.12. The molecule has 18 heavy (non-hydrogen) atoms. The minimum Gasteiger partial charge on any atom is -0.481 e. The van der Waals surface area contributed by atoms with E-state index in [9.17, 15) is 19.2 Å². The summed E-state index contributed by atoms with van der Waals surface area (Å²) in [6.07, 6.45) is -0.817. The van der Waals surface area contributed by atoms with Crippen LogP contribution in [0.15, 0.2) is 0 Å². The fourth-order valence-corrected chi connectivity index (χ4v) is 1.17. The monoisotopic (exact) mass is 259 g/mol. The summed E-state index contributed by atoms with van der Waals surface area (Å²) in [5.74, 6) is -3.66. The fourth-order valence-electron chi connectivity index (χ4n) is 1.17. The molecule has 0 aromatic rings. The molecule has 7 nitrogen and oxygen atoms in total. The van der Waals surface area contributed by atoms with Crippen LogP contribution in [-0.2, 0) is 19.2 Å². The molecule has 0 heterocycles. The van der Waals surface area contributed by atoms with Crippen LogP contribution in [0.2, 0.25) is 0 Å². The highest BCUT2D eigenvalue weighted by Gasteiger charge is 2.23. The van der Waals surface area contributed by atoms with E-state index in [0.29, 0.717) is 0 Å². The van der Waals surface area contributed by atoms with E-state index in [1.807, 2.05) is 0 Å². The van der Waals surface area contributed by atoms with Gasteiger partial charge in [-0.15, -0.1) is 0 Å². The van der Waals surface area contributed by atoms with E-state index >= 15 is 0 Å². The number of rotatable bonds is 8. The van der Waals surface area contributed by atoms with Crippen LogP contribution in [0.25, 0.3) is 0 Å². The maximum absolute atomic E-state index is 11.3. The van der Waals surface area contributed by atoms with Gasteiger partial charge >= 0.3 is 11.9 Å². The predicted molar refractivity (Wildman–Crippen MR) is 60.9 cm³/mol. The molecule has 0 saturated heterocycles. The van der Waals surface area contributed by atoms with Crippen LogP contribution in [0, 0.1) is 5.92 Å². The van der Waals surface area contributed by atoms with Crippen molar-refractivity contribution in [1.29, 1.82) is 0 Å². The molecule has 3 N–H and O–H groups in total. The maximum Gasteiger partial charge on any atom is 0.326 e. The van der Waals surface area contributed by atoms with Gasteiger partial charge in [0.25, 0.3) is 0 Å². The third kappa shape index (κ3) is 6.62. The van der Waals surface area contributed by atoms with Gasteiger partial charge in [0.05, 0.1) is 6.42 Å². The highest BCUT2D eigenvalue weighted by molar-refractivity contribution is 5.89. The Balaban J connectivity index is 4.22. The molecule has 0 radical (unpaired) electrons. The van der Waals surface area contributed by atoms with Gasteiger partial charge in [-0.25, -0.2) is 4.79 Å². The van der Waals surface area contributed by atoms with E-state index < -0.39 is 30.3 Å². The first-order valence-corrected chi connectivity index (χ1v) is 5.50. The van der Waals surface area contributed by atoms with Crippen LogP contribution < -0.4 is 5.32 Å². The van der Waals surface area contributed by atoms with Crippen molar-refractivity contribution in [3.63, 3.8) is 0 Å². The lowest BCUT2D eigenvalue weighted by atomic mass is 10.0. The Hall–Kier alpha value is -1.92. The SMILES string of the molecule is CC(C)C(=O)CCC(=O)NC(CC(=O)O)C(=O)O. The highest BCUT2D eigenvalue weighted by Crippen LogP contribution is 2.02. The largest absolute Gasteiger partial charge is 0.481 e. The number of hydrogen-bond donors (Lipinski definition) is 3. The number of nitrogens with one attached hydrogen (secondary N) is 1. The number of carbonyl (C=O) groups is 4. The van der Waals surface area contributed by atoms with Crippen LogP contribution in [0.4, 0.5) is 0 Å². The zero-order valence-electron chi connectivity index (χ0n) is 10.3. The summed E-state index contributed by atoms with van der Waals surface area (Å²) >= 11 is 0. The molecule has 7 heteroatoms. The summed E-state index contributed by atoms with van der Waals surface area (Å²) in [5.41, 5.74) is 0. The summed E-state index contributed by atoms with van der Waals surface area (Å²) in [6.45, 7) is 3.40. The molecule has 0 bridgehead atoms. The van der Waals surface area contributed by atoms with E-state index in [1.54, 1.807) is 13.8 Å². The van der Waals surface area contributed by atoms with Crippen molar-refractivity contribution >= 4 is 23.6 Å². The average Bonchev–Trinajstić information content (AvgIpc) is 2.23. The Morgan fingerprint density at radius 3 is 2.00 bits per heavy atom. The first kappa shape index (κ1) is 16.1. The van der Waals surface area contributed by atoms with Crippen LogP contribution >= 0.6 is 0 Å². The zero-order chi connectivity index (χ0) is 14.3. The van der Waals surface area contributed by atoms with Gasteiger partial charge < -0.3 is 15.5 Å². The topological polar surface area (TPSA) is 121 Å². The molecular weight excluding hydrogens is 242 g/mol. The Kier molecular flexibility index (Phi) is 6.62. The minimum atomic E-state index is -1.47. The van der Waals surface area contributed by atoms with Crippen LogP contribution in [0.1, 0.15) is 33.1 Å². The number of aliphatic carboxylic acids is 2. The van der Waals surface area contributed by atoms with Gasteiger partial charge in [0.15, 0.2) is 0 Å². The normalized spacial score (nSPS) is 11.9. The number of Topliss-reactive ketones (excluding diaryl/α,β-unsaturated/α-hetero) is 1. The molecule has 1 atom stereocenters. The molecule has 0 aromatic heterocycles. The first-order chi connectivity index (χ1) is 8.23. The number of ketones is 1. The van der Waals surface area contributed by atoms with Gasteiger partial charge in [0.1, 0.15) is 11.8 Å². The summed E-state index contributed by atoms with van der Waals surface area (Å²) in [6, 6.07) is -1.47. The molecule has 0 aliphatic heterocycles. The van der Waals surface area contributed by atoms with Crippen molar-refractivity contribution < 1.29 is 29.4 Å². The molecule has 0 aromatic carbocycles. The standard InChI is InChI=1S/C11H17NO6/c1-6(2)8(13)3-4-9(14)12-7(11(17)18)5-10(15)16/h6-7H,3-5H2,1-2H3,(H,12,14)(H,15,16)(H,17,18). The Morgan fingerprint density at radius 2 is 1.61 bits per heavy atom. The third-order valence-corrected chi connectivity index (χ3v) is 2.25. The molecule has 0 saturated carbocycles. The van der Waals surface area contributed by atoms with Gasteiger partial charge in [-0.3, -0.25) is 14.4 Å². The molecule has 1 unspecified atom stereocenters. The zero-order valence-corrected chi connectivity index (χ0v) is 10.3. The molecule has 0 spiro atoms. The van der Waals surface area contributed by atoms with Gasteiger partial charge in [0.2, 0.25) is 5.91 Å². The van der Waals surface area contributed by atoms with Crippen molar-refractivity contribution in [2.24, 2.45) is 5.92 Å². The second-order valence-electron chi connectivity index (χ2n) is 4.18. The Morgan fingerprint density at radius 1 is 1.06 bits per heavy atom. The molecule has 102 valence electrons. The Bertz CT molecular complexity index is 349. The quantitative estimate of drug-likeness (QED) is 0.565. The van der Waals surface area contributed by atoms with Crippen LogP contribution in [-0.4, -0.2) is 39.9 Å². The average molecular weight is 259 g/mol. The van der Waals surface area contributed by atoms with Gasteiger partial charge in [-0.2, -0.15) is 0 Å². The second-order valence-corrected chi connectivity index (χ2v) is 4.18. The number of carboxylic acid groups (broad SMARTS) is 2. The van der Waals surface area contributed by atoms with E-state index in [-0.39, 0.29) is 24.5 Å². The number of amides is 1. The van der Waals surface area contributed by atoms with Gasteiger partial charge in [-0.05, 0) is 0 Å². The van der Waals surface area contributed by atoms with Crippen molar-refractivity contribution in [1.82, 2.24) is 5.32 Å². The second kappa shape index (κ2) is 7.41. The molecule has 0 aliphatic carbocycles. The van der Waals surface area contributed by atoms with E-state index in [1.165, 1.54) is 0 Å². The van der Waals surface area contributed by atoms with Crippen LogP contribution in [0.5, 0.6) is 0 Å². The summed E-state index contributed by atoms with van der Waals surface area (Å²) < 4.78 is 0. The van der Waals surface area contributed by atoms with Crippen molar-refractivity contribution in [3.05, 3.63) is 0 Å². The Labute approximate surface area is 104 Å². The number of carboxylic acids is 2. The lowest BCUT2D eigenvalue weighted by molar-refractivity contribution is -0.147. The lowest BCUT2D eigenvalue weighted by Crippen LogP contribution is -2.42. The summed E-state index contributed by atoms with van der Waals surface area (Å²) in [5, 5.41) is 19.2. The van der Waals surface area contributed by atoms with Crippen molar-refractivity contribution in [3.8, 4) is 0 Å². The van der Waals surface area contributed by atoms with E-state index in [0.717, 1.165) is 0 Å².